The van der Waals surface area contributed by atoms with Crippen LogP contribution in [0.2, 0.25) is 0 Å². The number of rotatable bonds is 3. The first kappa shape index (κ1) is 13.3. The second kappa shape index (κ2) is 5.75. The van der Waals surface area contributed by atoms with Gasteiger partial charge in [-0.15, -0.1) is 0 Å². The zero-order valence-corrected chi connectivity index (χ0v) is 12.4. The Kier molecular flexibility index (Phi) is 3.83. The zero-order valence-electron chi connectivity index (χ0n) is 11.6. The van der Waals surface area contributed by atoms with Crippen molar-refractivity contribution in [1.29, 1.82) is 0 Å². The maximum Gasteiger partial charge on any atom is 0.229 e. The molecule has 1 aliphatic rings. The van der Waals surface area contributed by atoms with Gasteiger partial charge in [-0.25, -0.2) is 4.98 Å². The molecule has 1 aromatic carbocycles. The highest BCUT2D eigenvalue weighted by atomic mass is 32.1. The molecule has 1 aliphatic carbocycles. The number of thiazole rings is 1. The monoisotopic (exact) mass is 286 g/mol. The lowest BCUT2D eigenvalue weighted by molar-refractivity contribution is -0.120. The summed E-state index contributed by atoms with van der Waals surface area (Å²) in [6, 6.07) is 6.29. The van der Waals surface area contributed by atoms with Crippen molar-refractivity contribution in [2.75, 3.05) is 5.32 Å². The molecule has 1 N–H and O–H groups in total. The molecule has 0 unspecified atom stereocenters. The number of benzene rings is 1. The standard InChI is InChI=1S/C16H18N2OS/c1-2-11-8-9-13-14(10-11)20-16(17-13)18-15(19)12-6-4-3-5-7-12/h3-4,8-10,12H,2,5-7H2,1H3,(H,17,18,19)/t12-/m0/s1. The molecule has 0 spiro atoms. The smallest absolute Gasteiger partial charge is 0.229 e. The number of hydrogen-bond acceptors (Lipinski definition) is 3. The number of amides is 1. The number of fused-ring (bicyclic) bond motifs is 1. The van der Waals surface area contributed by atoms with Crippen molar-refractivity contribution in [3.05, 3.63) is 35.9 Å². The van der Waals surface area contributed by atoms with Gasteiger partial charge in [-0.05, 0) is 43.4 Å². The fourth-order valence-corrected chi connectivity index (χ4v) is 3.41. The van der Waals surface area contributed by atoms with Gasteiger partial charge in [0.05, 0.1) is 10.2 Å². The van der Waals surface area contributed by atoms with Gasteiger partial charge in [0, 0.05) is 5.92 Å². The molecule has 1 amide bonds. The molecule has 0 radical (unpaired) electrons. The molecule has 0 bridgehead atoms. The highest BCUT2D eigenvalue weighted by Crippen LogP contribution is 2.28. The van der Waals surface area contributed by atoms with E-state index in [9.17, 15) is 4.79 Å². The van der Waals surface area contributed by atoms with Crippen molar-refractivity contribution in [3.63, 3.8) is 0 Å². The summed E-state index contributed by atoms with van der Waals surface area (Å²) in [4.78, 5) is 16.7. The highest BCUT2D eigenvalue weighted by Gasteiger charge is 2.19. The van der Waals surface area contributed by atoms with Crippen LogP contribution in [0.5, 0.6) is 0 Å². The van der Waals surface area contributed by atoms with E-state index >= 15 is 0 Å². The number of anilines is 1. The summed E-state index contributed by atoms with van der Waals surface area (Å²) in [5.41, 5.74) is 2.27. The number of aryl methyl sites for hydroxylation is 1. The highest BCUT2D eigenvalue weighted by molar-refractivity contribution is 7.22. The Bertz CT molecular complexity index is 660. The van der Waals surface area contributed by atoms with Gasteiger partial charge in [-0.2, -0.15) is 0 Å². The fourth-order valence-electron chi connectivity index (χ4n) is 2.48. The first-order chi connectivity index (χ1) is 9.76. The first-order valence-corrected chi connectivity index (χ1v) is 7.93. The Labute approximate surface area is 122 Å². The van der Waals surface area contributed by atoms with Crippen molar-refractivity contribution >= 4 is 32.6 Å². The van der Waals surface area contributed by atoms with Crippen LogP contribution >= 0.6 is 11.3 Å². The van der Waals surface area contributed by atoms with Gasteiger partial charge in [-0.3, -0.25) is 4.79 Å². The molecule has 1 heterocycles. The van der Waals surface area contributed by atoms with Crippen LogP contribution in [0, 0.1) is 5.92 Å². The summed E-state index contributed by atoms with van der Waals surface area (Å²) in [5, 5.41) is 3.69. The minimum atomic E-state index is 0.0956. The van der Waals surface area contributed by atoms with Gasteiger partial charge < -0.3 is 5.32 Å². The third-order valence-corrected chi connectivity index (χ3v) is 4.66. The number of nitrogens with one attached hydrogen (secondary N) is 1. The van der Waals surface area contributed by atoms with E-state index < -0.39 is 0 Å². The molecular weight excluding hydrogens is 268 g/mol. The van der Waals surface area contributed by atoms with Gasteiger partial charge in [0.1, 0.15) is 0 Å². The SMILES string of the molecule is CCc1ccc2nc(NC(=O)[C@H]3CC=CCC3)sc2c1. The van der Waals surface area contributed by atoms with Gasteiger partial charge in [-0.1, -0.05) is 36.5 Å². The molecule has 0 fully saturated rings. The number of carbonyl (C=O) groups is 1. The third-order valence-electron chi connectivity index (χ3n) is 3.73. The maximum absolute atomic E-state index is 12.2. The number of allylic oxidation sites excluding steroid dienone is 2. The molecule has 1 atom stereocenters. The van der Waals surface area contributed by atoms with E-state index in [1.165, 1.54) is 5.56 Å². The molecule has 4 heteroatoms. The van der Waals surface area contributed by atoms with E-state index in [1.807, 2.05) is 6.07 Å². The average molecular weight is 286 g/mol. The van der Waals surface area contributed by atoms with Gasteiger partial charge in [0.15, 0.2) is 5.13 Å². The lowest BCUT2D eigenvalue weighted by Gasteiger charge is -2.15. The van der Waals surface area contributed by atoms with Crippen molar-refractivity contribution < 1.29 is 4.79 Å². The summed E-state index contributed by atoms with van der Waals surface area (Å²) in [6.07, 6.45) is 8.04. The molecule has 20 heavy (non-hydrogen) atoms. The summed E-state index contributed by atoms with van der Waals surface area (Å²) >= 11 is 1.56. The van der Waals surface area contributed by atoms with Crippen LogP contribution in [0.25, 0.3) is 10.2 Å². The van der Waals surface area contributed by atoms with Crippen LogP contribution in [0.3, 0.4) is 0 Å². The molecule has 2 aromatic rings. The molecular formula is C16H18N2OS. The summed E-state index contributed by atoms with van der Waals surface area (Å²) in [7, 11) is 0. The van der Waals surface area contributed by atoms with Crippen LogP contribution in [0.15, 0.2) is 30.4 Å². The van der Waals surface area contributed by atoms with Gasteiger partial charge >= 0.3 is 0 Å². The predicted octanol–water partition coefficient (Wildman–Crippen LogP) is 4.15. The summed E-state index contributed by atoms with van der Waals surface area (Å²) < 4.78 is 1.14. The molecule has 0 saturated heterocycles. The molecule has 0 aliphatic heterocycles. The third kappa shape index (κ3) is 2.75. The lowest BCUT2D eigenvalue weighted by Crippen LogP contribution is -2.23. The molecule has 3 nitrogen and oxygen atoms in total. The van der Waals surface area contributed by atoms with E-state index in [0.29, 0.717) is 5.13 Å². The zero-order chi connectivity index (χ0) is 13.9. The maximum atomic E-state index is 12.2. The number of carbonyl (C=O) groups excluding carboxylic acids is 1. The Hall–Kier alpha value is -1.68. The van der Waals surface area contributed by atoms with Crippen LogP contribution in [0.1, 0.15) is 31.7 Å². The fraction of sp³-hybridized carbons (Fsp3) is 0.375. The van der Waals surface area contributed by atoms with Crippen LogP contribution in [-0.4, -0.2) is 10.9 Å². The van der Waals surface area contributed by atoms with Gasteiger partial charge in [0.2, 0.25) is 5.91 Å². The molecule has 3 rings (SSSR count). The van der Waals surface area contributed by atoms with Crippen molar-refractivity contribution in [1.82, 2.24) is 4.98 Å². The van der Waals surface area contributed by atoms with Crippen LogP contribution < -0.4 is 5.32 Å². The van der Waals surface area contributed by atoms with Crippen LogP contribution in [0.4, 0.5) is 5.13 Å². The van der Waals surface area contributed by atoms with Gasteiger partial charge in [0.25, 0.3) is 0 Å². The average Bonchev–Trinajstić information content (AvgIpc) is 2.89. The minimum absolute atomic E-state index is 0.0956. The van der Waals surface area contributed by atoms with Crippen molar-refractivity contribution in [3.8, 4) is 0 Å². The number of nitrogens with zero attached hydrogens (tertiary/aromatic N) is 1. The predicted molar refractivity (Wildman–Crippen MR) is 84.1 cm³/mol. The largest absolute Gasteiger partial charge is 0.302 e. The Morgan fingerprint density at radius 3 is 3.10 bits per heavy atom. The second-order valence-corrected chi connectivity index (χ2v) is 6.18. The lowest BCUT2D eigenvalue weighted by atomic mass is 9.94. The molecule has 1 aromatic heterocycles. The summed E-state index contributed by atoms with van der Waals surface area (Å²) in [5.74, 6) is 0.197. The number of hydrogen-bond donors (Lipinski definition) is 1. The Morgan fingerprint density at radius 1 is 1.45 bits per heavy atom. The molecule has 0 saturated carbocycles. The van der Waals surface area contributed by atoms with E-state index in [1.54, 1.807) is 11.3 Å². The normalized spacial score (nSPS) is 18.4. The van der Waals surface area contributed by atoms with E-state index in [-0.39, 0.29) is 11.8 Å². The quantitative estimate of drug-likeness (QED) is 0.861. The summed E-state index contributed by atoms with van der Waals surface area (Å²) in [6.45, 7) is 2.14. The first-order valence-electron chi connectivity index (χ1n) is 7.11. The minimum Gasteiger partial charge on any atom is -0.302 e. The van der Waals surface area contributed by atoms with E-state index in [0.717, 1.165) is 35.9 Å². The topological polar surface area (TPSA) is 42.0 Å². The molecule has 104 valence electrons. The second-order valence-electron chi connectivity index (χ2n) is 5.15. The van der Waals surface area contributed by atoms with Crippen LogP contribution in [-0.2, 0) is 11.2 Å². The van der Waals surface area contributed by atoms with Crippen molar-refractivity contribution in [2.24, 2.45) is 5.92 Å². The van der Waals surface area contributed by atoms with Crippen molar-refractivity contribution in [2.45, 2.75) is 32.6 Å². The number of aromatic nitrogens is 1. The van der Waals surface area contributed by atoms with E-state index in [4.69, 9.17) is 0 Å². The Balaban J connectivity index is 1.77. The Morgan fingerprint density at radius 2 is 2.35 bits per heavy atom. The van der Waals surface area contributed by atoms with E-state index in [2.05, 4.69) is 41.5 Å².